The van der Waals surface area contributed by atoms with Crippen LogP contribution in [0.25, 0.3) is 0 Å². The van der Waals surface area contributed by atoms with E-state index in [2.05, 4.69) is 15.5 Å². The van der Waals surface area contributed by atoms with Crippen molar-refractivity contribution in [3.8, 4) is 0 Å². The SMILES string of the molecule is CC(C)n1cnnc1SCC(=O)Nc1ccccc1F. The Labute approximate surface area is 120 Å². The van der Waals surface area contributed by atoms with Gasteiger partial charge in [-0.2, -0.15) is 0 Å². The zero-order chi connectivity index (χ0) is 14.5. The number of carbonyl (C=O) groups is 1. The monoisotopic (exact) mass is 294 g/mol. The van der Waals surface area contributed by atoms with Gasteiger partial charge >= 0.3 is 0 Å². The first-order valence-corrected chi connectivity index (χ1v) is 7.13. The third kappa shape index (κ3) is 3.57. The predicted octanol–water partition coefficient (Wildman–Crippen LogP) is 2.73. The van der Waals surface area contributed by atoms with Crippen molar-refractivity contribution in [1.29, 1.82) is 0 Å². The molecule has 0 aliphatic rings. The number of nitrogens with zero attached hydrogens (tertiary/aromatic N) is 3. The first kappa shape index (κ1) is 14.5. The van der Waals surface area contributed by atoms with Gasteiger partial charge in [-0.25, -0.2) is 4.39 Å². The smallest absolute Gasteiger partial charge is 0.234 e. The molecule has 0 saturated heterocycles. The van der Waals surface area contributed by atoms with Gasteiger partial charge in [-0.3, -0.25) is 4.79 Å². The van der Waals surface area contributed by atoms with E-state index in [-0.39, 0.29) is 23.4 Å². The minimum Gasteiger partial charge on any atom is -0.323 e. The molecule has 2 aromatic rings. The van der Waals surface area contributed by atoms with Gasteiger partial charge in [0.1, 0.15) is 12.1 Å². The minimum absolute atomic E-state index is 0.153. The van der Waals surface area contributed by atoms with Crippen LogP contribution in [0, 0.1) is 5.82 Å². The van der Waals surface area contributed by atoms with E-state index < -0.39 is 5.82 Å². The van der Waals surface area contributed by atoms with Crippen LogP contribution in [0.1, 0.15) is 19.9 Å². The van der Waals surface area contributed by atoms with Crippen LogP contribution < -0.4 is 5.32 Å². The van der Waals surface area contributed by atoms with Gasteiger partial charge in [0, 0.05) is 6.04 Å². The molecule has 0 saturated carbocycles. The molecule has 5 nitrogen and oxygen atoms in total. The average molecular weight is 294 g/mol. The van der Waals surface area contributed by atoms with Crippen LogP contribution in [0.5, 0.6) is 0 Å². The molecule has 1 aromatic carbocycles. The number of aromatic nitrogens is 3. The number of halogens is 1. The number of para-hydroxylation sites is 1. The van der Waals surface area contributed by atoms with Crippen molar-refractivity contribution < 1.29 is 9.18 Å². The highest BCUT2D eigenvalue weighted by molar-refractivity contribution is 7.99. The molecule has 0 aliphatic heterocycles. The van der Waals surface area contributed by atoms with Crippen LogP contribution in [0.2, 0.25) is 0 Å². The van der Waals surface area contributed by atoms with Gasteiger partial charge < -0.3 is 9.88 Å². The van der Waals surface area contributed by atoms with Crippen LogP contribution in [0.15, 0.2) is 35.7 Å². The topological polar surface area (TPSA) is 59.8 Å². The molecular formula is C13H15FN4OS. The fraction of sp³-hybridized carbons (Fsp3) is 0.308. The van der Waals surface area contributed by atoms with Gasteiger partial charge in [-0.15, -0.1) is 10.2 Å². The number of carbonyl (C=O) groups excluding carboxylic acids is 1. The normalized spacial score (nSPS) is 10.8. The second kappa shape index (κ2) is 6.51. The maximum absolute atomic E-state index is 13.4. The van der Waals surface area contributed by atoms with E-state index in [0.717, 1.165) is 0 Å². The largest absolute Gasteiger partial charge is 0.323 e. The number of hydrogen-bond donors (Lipinski definition) is 1. The van der Waals surface area contributed by atoms with Gasteiger partial charge in [-0.1, -0.05) is 23.9 Å². The molecule has 1 N–H and O–H groups in total. The van der Waals surface area contributed by atoms with Gasteiger partial charge in [-0.05, 0) is 26.0 Å². The Morgan fingerprint density at radius 3 is 2.90 bits per heavy atom. The second-order valence-corrected chi connectivity index (χ2v) is 5.37. The minimum atomic E-state index is -0.448. The van der Waals surface area contributed by atoms with E-state index in [4.69, 9.17) is 0 Å². The molecule has 0 bridgehead atoms. The first-order valence-electron chi connectivity index (χ1n) is 6.14. The lowest BCUT2D eigenvalue weighted by molar-refractivity contribution is -0.113. The Morgan fingerprint density at radius 1 is 1.45 bits per heavy atom. The standard InChI is InChI=1S/C13H15FN4OS/c1-9(2)18-8-15-17-13(18)20-7-12(19)16-11-6-4-3-5-10(11)14/h3-6,8-9H,7H2,1-2H3,(H,16,19). The molecule has 0 atom stereocenters. The second-order valence-electron chi connectivity index (χ2n) is 4.43. The molecule has 1 heterocycles. The lowest BCUT2D eigenvalue weighted by atomic mass is 10.3. The average Bonchev–Trinajstić information content (AvgIpc) is 2.88. The van der Waals surface area contributed by atoms with Gasteiger partial charge in [0.05, 0.1) is 11.4 Å². The molecule has 20 heavy (non-hydrogen) atoms. The maximum Gasteiger partial charge on any atom is 0.234 e. The summed E-state index contributed by atoms with van der Waals surface area (Å²) in [7, 11) is 0. The molecule has 0 fully saturated rings. The van der Waals surface area contributed by atoms with Crippen molar-refractivity contribution in [2.45, 2.75) is 25.0 Å². The number of benzene rings is 1. The molecule has 1 aromatic heterocycles. The zero-order valence-corrected chi connectivity index (χ0v) is 12.0. The molecule has 1 amide bonds. The molecule has 7 heteroatoms. The van der Waals surface area contributed by atoms with Gasteiger partial charge in [0.15, 0.2) is 5.16 Å². The Bertz CT molecular complexity index is 600. The Hall–Kier alpha value is -1.89. The van der Waals surface area contributed by atoms with Crippen LogP contribution >= 0.6 is 11.8 Å². The Balaban J connectivity index is 1.93. The van der Waals surface area contributed by atoms with E-state index in [1.807, 2.05) is 18.4 Å². The summed E-state index contributed by atoms with van der Waals surface area (Å²) < 4.78 is 15.3. The van der Waals surface area contributed by atoms with Crippen LogP contribution in [-0.2, 0) is 4.79 Å². The van der Waals surface area contributed by atoms with Gasteiger partial charge in [0.25, 0.3) is 0 Å². The third-order valence-electron chi connectivity index (χ3n) is 2.58. The van der Waals surface area contributed by atoms with Crippen molar-refractivity contribution in [3.63, 3.8) is 0 Å². The highest BCUT2D eigenvalue weighted by Crippen LogP contribution is 2.19. The maximum atomic E-state index is 13.4. The zero-order valence-electron chi connectivity index (χ0n) is 11.2. The van der Waals surface area contributed by atoms with Crippen LogP contribution in [0.4, 0.5) is 10.1 Å². The van der Waals surface area contributed by atoms with E-state index in [9.17, 15) is 9.18 Å². The fourth-order valence-corrected chi connectivity index (χ4v) is 2.41. The summed E-state index contributed by atoms with van der Waals surface area (Å²) in [6, 6.07) is 6.29. The summed E-state index contributed by atoms with van der Waals surface area (Å²) in [5, 5.41) is 11.0. The number of nitrogens with one attached hydrogen (secondary N) is 1. The highest BCUT2D eigenvalue weighted by atomic mass is 32.2. The van der Waals surface area contributed by atoms with E-state index >= 15 is 0 Å². The summed E-state index contributed by atoms with van der Waals surface area (Å²) in [5.41, 5.74) is 0.184. The van der Waals surface area contributed by atoms with Crippen molar-refractivity contribution in [2.75, 3.05) is 11.1 Å². The Morgan fingerprint density at radius 2 is 2.20 bits per heavy atom. The summed E-state index contributed by atoms with van der Waals surface area (Å²) in [6.07, 6.45) is 1.63. The number of anilines is 1. The molecular weight excluding hydrogens is 279 g/mol. The van der Waals surface area contributed by atoms with Crippen molar-refractivity contribution in [3.05, 3.63) is 36.4 Å². The molecule has 0 radical (unpaired) electrons. The summed E-state index contributed by atoms with van der Waals surface area (Å²) >= 11 is 1.27. The van der Waals surface area contributed by atoms with E-state index in [1.165, 1.54) is 23.9 Å². The van der Waals surface area contributed by atoms with Gasteiger partial charge in [0.2, 0.25) is 5.91 Å². The van der Waals surface area contributed by atoms with Crippen molar-refractivity contribution in [1.82, 2.24) is 14.8 Å². The predicted molar refractivity (Wildman–Crippen MR) is 76.2 cm³/mol. The summed E-state index contributed by atoms with van der Waals surface area (Å²) in [5.74, 6) is -0.575. The lowest BCUT2D eigenvalue weighted by Crippen LogP contribution is -2.15. The Kier molecular flexibility index (Phi) is 4.73. The number of rotatable bonds is 5. The fourth-order valence-electron chi connectivity index (χ4n) is 1.57. The number of amides is 1. The van der Waals surface area contributed by atoms with Crippen molar-refractivity contribution >= 4 is 23.4 Å². The van der Waals surface area contributed by atoms with Crippen LogP contribution in [0.3, 0.4) is 0 Å². The highest BCUT2D eigenvalue weighted by Gasteiger charge is 2.11. The third-order valence-corrected chi connectivity index (χ3v) is 3.53. The van der Waals surface area contributed by atoms with Crippen molar-refractivity contribution in [2.24, 2.45) is 0 Å². The quantitative estimate of drug-likeness (QED) is 0.861. The van der Waals surface area contributed by atoms with Crippen LogP contribution in [-0.4, -0.2) is 26.4 Å². The number of hydrogen-bond acceptors (Lipinski definition) is 4. The lowest BCUT2D eigenvalue weighted by Gasteiger charge is -2.09. The molecule has 0 aliphatic carbocycles. The molecule has 106 valence electrons. The molecule has 2 rings (SSSR count). The first-order chi connectivity index (χ1) is 9.58. The molecule has 0 spiro atoms. The summed E-state index contributed by atoms with van der Waals surface area (Å²) in [6.45, 7) is 4.01. The number of thioether (sulfide) groups is 1. The van der Waals surface area contributed by atoms with E-state index in [0.29, 0.717) is 5.16 Å². The molecule has 0 unspecified atom stereocenters. The summed E-state index contributed by atoms with van der Waals surface area (Å²) in [4.78, 5) is 11.8. The van der Waals surface area contributed by atoms with E-state index in [1.54, 1.807) is 18.5 Å².